The van der Waals surface area contributed by atoms with E-state index in [9.17, 15) is 0 Å². The number of likely N-dealkylation sites (tertiary alicyclic amines) is 1. The third kappa shape index (κ3) is 4.32. The number of nitrogens with one attached hydrogen (secondary N) is 2. The molecule has 0 saturated carbocycles. The van der Waals surface area contributed by atoms with Crippen LogP contribution in [0.1, 0.15) is 12.8 Å². The quantitative estimate of drug-likeness (QED) is 0.628. The number of nitrogens with zero attached hydrogens (tertiary/aromatic N) is 5. The predicted molar refractivity (Wildman–Crippen MR) is 103 cm³/mol. The average molecular weight is 366 g/mol. The summed E-state index contributed by atoms with van der Waals surface area (Å²) in [6.45, 7) is 2.12. The van der Waals surface area contributed by atoms with Crippen molar-refractivity contribution < 1.29 is 4.74 Å². The van der Waals surface area contributed by atoms with Crippen molar-refractivity contribution in [2.75, 3.05) is 31.2 Å². The molecular weight excluding hydrogens is 344 g/mol. The van der Waals surface area contributed by atoms with Crippen molar-refractivity contribution in [2.45, 2.75) is 18.9 Å². The molecule has 4 N–H and O–H groups in total. The number of piperidine rings is 1. The standard InChI is InChI=1S/C18H22N8O/c1-26-6-4-14(5-7-26)27-17-3-2-13(11-20-17)23-16-8-15(24-25-16)12-9-21-18(19)22-10-12/h2-3,8-11,14H,4-7H2,1H3,(H2,19,21,22)(H2,23,24,25). The van der Waals surface area contributed by atoms with Crippen LogP contribution in [0.2, 0.25) is 0 Å². The van der Waals surface area contributed by atoms with Crippen molar-refractivity contribution in [1.82, 2.24) is 30.0 Å². The summed E-state index contributed by atoms with van der Waals surface area (Å²) in [6, 6.07) is 5.68. The zero-order valence-electron chi connectivity index (χ0n) is 15.1. The van der Waals surface area contributed by atoms with Crippen LogP contribution in [-0.2, 0) is 0 Å². The number of aromatic amines is 1. The Labute approximate surface area is 157 Å². The van der Waals surface area contributed by atoms with Gasteiger partial charge in [0.25, 0.3) is 0 Å². The highest BCUT2D eigenvalue weighted by molar-refractivity contribution is 5.64. The van der Waals surface area contributed by atoms with Crippen molar-refractivity contribution in [1.29, 1.82) is 0 Å². The first-order valence-electron chi connectivity index (χ1n) is 8.87. The van der Waals surface area contributed by atoms with Crippen LogP contribution < -0.4 is 15.8 Å². The van der Waals surface area contributed by atoms with Crippen LogP contribution in [0.3, 0.4) is 0 Å². The second-order valence-corrected chi connectivity index (χ2v) is 6.63. The average Bonchev–Trinajstić information content (AvgIpc) is 3.14. The first-order valence-corrected chi connectivity index (χ1v) is 8.87. The van der Waals surface area contributed by atoms with Gasteiger partial charge in [-0.25, -0.2) is 15.0 Å². The highest BCUT2D eigenvalue weighted by atomic mass is 16.5. The number of hydrogen-bond donors (Lipinski definition) is 3. The molecule has 0 spiro atoms. The third-order valence-corrected chi connectivity index (χ3v) is 4.52. The molecule has 4 heterocycles. The summed E-state index contributed by atoms with van der Waals surface area (Å²) in [5.41, 5.74) is 7.95. The number of anilines is 3. The number of nitrogen functional groups attached to an aromatic ring is 1. The van der Waals surface area contributed by atoms with E-state index in [1.807, 2.05) is 18.2 Å². The maximum Gasteiger partial charge on any atom is 0.219 e. The minimum Gasteiger partial charge on any atom is -0.474 e. The smallest absolute Gasteiger partial charge is 0.219 e. The van der Waals surface area contributed by atoms with E-state index < -0.39 is 0 Å². The molecule has 9 nitrogen and oxygen atoms in total. The first-order chi connectivity index (χ1) is 13.2. The summed E-state index contributed by atoms with van der Waals surface area (Å²) in [7, 11) is 2.13. The fourth-order valence-corrected chi connectivity index (χ4v) is 2.96. The number of aromatic nitrogens is 5. The van der Waals surface area contributed by atoms with Crippen LogP contribution in [0.25, 0.3) is 11.3 Å². The molecule has 3 aromatic heterocycles. The van der Waals surface area contributed by atoms with Gasteiger partial charge in [0, 0.05) is 43.2 Å². The van der Waals surface area contributed by atoms with Crippen molar-refractivity contribution in [3.8, 4) is 17.1 Å². The molecule has 27 heavy (non-hydrogen) atoms. The summed E-state index contributed by atoms with van der Waals surface area (Å²) < 4.78 is 5.97. The SMILES string of the molecule is CN1CCC(Oc2ccc(Nc3cc(-c4cnc(N)nc4)[nH]n3)cn2)CC1. The molecule has 0 aliphatic carbocycles. The molecule has 1 aliphatic rings. The van der Waals surface area contributed by atoms with E-state index in [4.69, 9.17) is 10.5 Å². The van der Waals surface area contributed by atoms with Gasteiger partial charge in [-0.2, -0.15) is 5.10 Å². The summed E-state index contributed by atoms with van der Waals surface area (Å²) in [5.74, 6) is 1.56. The lowest BCUT2D eigenvalue weighted by Crippen LogP contribution is -2.35. The molecular formula is C18H22N8O. The Morgan fingerprint density at radius 3 is 2.63 bits per heavy atom. The Hall–Kier alpha value is -3.20. The van der Waals surface area contributed by atoms with E-state index in [1.54, 1.807) is 18.6 Å². The number of nitrogens with two attached hydrogens (primary N) is 1. The fourth-order valence-electron chi connectivity index (χ4n) is 2.96. The minimum absolute atomic E-state index is 0.239. The summed E-state index contributed by atoms with van der Waals surface area (Å²) >= 11 is 0. The molecule has 0 unspecified atom stereocenters. The van der Waals surface area contributed by atoms with Gasteiger partial charge in [-0.3, -0.25) is 5.10 Å². The first kappa shape index (κ1) is 17.2. The third-order valence-electron chi connectivity index (χ3n) is 4.52. The number of H-pyrrole nitrogens is 1. The Morgan fingerprint density at radius 1 is 1.15 bits per heavy atom. The van der Waals surface area contributed by atoms with E-state index in [-0.39, 0.29) is 12.1 Å². The molecule has 1 fully saturated rings. The Balaban J connectivity index is 1.36. The van der Waals surface area contributed by atoms with Crippen molar-refractivity contribution in [3.05, 3.63) is 36.8 Å². The summed E-state index contributed by atoms with van der Waals surface area (Å²) in [4.78, 5) is 14.7. The molecule has 0 bridgehead atoms. The van der Waals surface area contributed by atoms with Gasteiger partial charge in [-0.1, -0.05) is 0 Å². The molecule has 1 aliphatic heterocycles. The molecule has 0 atom stereocenters. The molecule has 140 valence electrons. The van der Waals surface area contributed by atoms with Gasteiger partial charge in [0.05, 0.1) is 17.6 Å². The van der Waals surface area contributed by atoms with Gasteiger partial charge in [0.15, 0.2) is 5.82 Å². The van der Waals surface area contributed by atoms with Gasteiger partial charge in [-0.05, 0) is 26.0 Å². The van der Waals surface area contributed by atoms with Crippen LogP contribution in [-0.4, -0.2) is 56.3 Å². The van der Waals surface area contributed by atoms with Gasteiger partial charge >= 0.3 is 0 Å². The topological polar surface area (TPSA) is 118 Å². The van der Waals surface area contributed by atoms with Gasteiger partial charge in [-0.15, -0.1) is 0 Å². The normalized spacial score (nSPS) is 15.6. The molecule has 3 aromatic rings. The maximum atomic E-state index is 5.97. The Kier molecular flexibility index (Phi) is 4.84. The maximum absolute atomic E-state index is 5.97. The van der Waals surface area contributed by atoms with E-state index in [2.05, 4.69) is 42.4 Å². The second kappa shape index (κ2) is 7.58. The summed E-state index contributed by atoms with van der Waals surface area (Å²) in [5, 5.41) is 10.4. The van der Waals surface area contributed by atoms with E-state index >= 15 is 0 Å². The fraction of sp³-hybridized carbons (Fsp3) is 0.333. The highest BCUT2D eigenvalue weighted by Crippen LogP contribution is 2.22. The molecule has 1 saturated heterocycles. The van der Waals surface area contributed by atoms with Crippen LogP contribution in [0.5, 0.6) is 5.88 Å². The van der Waals surface area contributed by atoms with Crippen LogP contribution in [0.15, 0.2) is 36.8 Å². The van der Waals surface area contributed by atoms with Crippen LogP contribution in [0.4, 0.5) is 17.5 Å². The number of pyridine rings is 1. The number of hydrogen-bond acceptors (Lipinski definition) is 8. The summed E-state index contributed by atoms with van der Waals surface area (Å²) in [6.07, 6.45) is 7.34. The molecule has 9 heteroatoms. The second-order valence-electron chi connectivity index (χ2n) is 6.63. The van der Waals surface area contributed by atoms with E-state index in [1.165, 1.54) is 0 Å². The zero-order chi connectivity index (χ0) is 18.6. The lowest BCUT2D eigenvalue weighted by molar-refractivity contribution is 0.110. The highest BCUT2D eigenvalue weighted by Gasteiger charge is 2.18. The lowest BCUT2D eigenvalue weighted by atomic mass is 10.1. The minimum atomic E-state index is 0.239. The van der Waals surface area contributed by atoms with Crippen molar-refractivity contribution in [3.63, 3.8) is 0 Å². The Bertz CT molecular complexity index is 869. The van der Waals surface area contributed by atoms with Crippen LogP contribution >= 0.6 is 0 Å². The van der Waals surface area contributed by atoms with Crippen molar-refractivity contribution >= 4 is 17.5 Å². The molecule has 0 aromatic carbocycles. The van der Waals surface area contributed by atoms with Gasteiger partial charge in [0.1, 0.15) is 6.10 Å². The lowest BCUT2D eigenvalue weighted by Gasteiger charge is -2.28. The molecule has 4 rings (SSSR count). The van der Waals surface area contributed by atoms with Crippen molar-refractivity contribution in [2.24, 2.45) is 0 Å². The molecule has 0 amide bonds. The largest absolute Gasteiger partial charge is 0.474 e. The van der Waals surface area contributed by atoms with Crippen LogP contribution in [0, 0.1) is 0 Å². The predicted octanol–water partition coefficient (Wildman–Crippen LogP) is 2.06. The number of rotatable bonds is 5. The van der Waals surface area contributed by atoms with E-state index in [0.29, 0.717) is 11.7 Å². The van der Waals surface area contributed by atoms with Gasteiger partial charge in [0.2, 0.25) is 11.8 Å². The van der Waals surface area contributed by atoms with E-state index in [0.717, 1.165) is 42.9 Å². The number of ether oxygens (including phenoxy) is 1. The van der Waals surface area contributed by atoms with Gasteiger partial charge < -0.3 is 20.7 Å². The Morgan fingerprint density at radius 2 is 1.93 bits per heavy atom. The molecule has 0 radical (unpaired) electrons. The zero-order valence-corrected chi connectivity index (χ0v) is 15.1. The monoisotopic (exact) mass is 366 g/mol.